The van der Waals surface area contributed by atoms with Crippen molar-refractivity contribution < 1.29 is 9.59 Å². The van der Waals surface area contributed by atoms with Gasteiger partial charge in [-0.05, 0) is 11.6 Å². The van der Waals surface area contributed by atoms with Crippen LogP contribution in [0.4, 0.5) is 0 Å². The standard InChI is InChI=1S/C12H12N2O2/c1-8(15)14-7-9(6-12(13)16)10-4-2-3-5-11(10)14/h2-5,7H,6H2,1H3,(H2,13,16). The average Bonchev–Trinajstić information content (AvgIpc) is 2.57. The van der Waals surface area contributed by atoms with Crippen LogP contribution >= 0.6 is 0 Å². The third-order valence-corrected chi connectivity index (χ3v) is 2.50. The van der Waals surface area contributed by atoms with E-state index in [1.54, 1.807) is 6.20 Å². The van der Waals surface area contributed by atoms with E-state index in [0.29, 0.717) is 0 Å². The summed E-state index contributed by atoms with van der Waals surface area (Å²) < 4.78 is 1.54. The fraction of sp³-hybridized carbons (Fsp3) is 0.167. The highest BCUT2D eigenvalue weighted by atomic mass is 16.2. The van der Waals surface area contributed by atoms with E-state index < -0.39 is 5.91 Å². The Hall–Kier alpha value is -2.10. The van der Waals surface area contributed by atoms with Crippen molar-refractivity contribution in [3.63, 3.8) is 0 Å². The van der Waals surface area contributed by atoms with Gasteiger partial charge in [-0.25, -0.2) is 0 Å². The summed E-state index contributed by atoms with van der Waals surface area (Å²) in [5, 5.41) is 0.900. The van der Waals surface area contributed by atoms with Crippen molar-refractivity contribution in [3.8, 4) is 0 Å². The second kappa shape index (κ2) is 3.81. The van der Waals surface area contributed by atoms with Gasteiger partial charge in [-0.2, -0.15) is 0 Å². The lowest BCUT2D eigenvalue weighted by atomic mass is 10.1. The van der Waals surface area contributed by atoms with Crippen molar-refractivity contribution in [1.29, 1.82) is 0 Å². The zero-order valence-corrected chi connectivity index (χ0v) is 8.93. The maximum Gasteiger partial charge on any atom is 0.227 e. The Morgan fingerprint density at radius 3 is 2.62 bits per heavy atom. The predicted molar refractivity (Wildman–Crippen MR) is 61.1 cm³/mol. The SMILES string of the molecule is CC(=O)n1cc(CC(N)=O)c2ccccc21. The van der Waals surface area contributed by atoms with Gasteiger partial charge in [0.2, 0.25) is 11.8 Å². The first-order valence-electron chi connectivity index (χ1n) is 4.98. The van der Waals surface area contributed by atoms with Gasteiger partial charge in [-0.3, -0.25) is 14.2 Å². The number of carbonyl (C=O) groups is 2. The van der Waals surface area contributed by atoms with Crippen molar-refractivity contribution in [2.75, 3.05) is 0 Å². The van der Waals surface area contributed by atoms with Gasteiger partial charge in [0.05, 0.1) is 11.9 Å². The van der Waals surface area contributed by atoms with Crippen LogP contribution in [0.3, 0.4) is 0 Å². The molecule has 2 aromatic rings. The lowest BCUT2D eigenvalue weighted by molar-refractivity contribution is -0.117. The number of hydrogen-bond acceptors (Lipinski definition) is 2. The van der Waals surface area contributed by atoms with E-state index in [9.17, 15) is 9.59 Å². The average molecular weight is 216 g/mol. The second-order valence-corrected chi connectivity index (χ2v) is 3.70. The molecule has 0 spiro atoms. The number of amides is 1. The fourth-order valence-corrected chi connectivity index (χ4v) is 1.84. The van der Waals surface area contributed by atoms with Crippen LogP contribution < -0.4 is 5.73 Å². The normalized spacial score (nSPS) is 10.6. The van der Waals surface area contributed by atoms with E-state index in [0.717, 1.165) is 16.5 Å². The highest BCUT2D eigenvalue weighted by Gasteiger charge is 2.11. The van der Waals surface area contributed by atoms with Crippen molar-refractivity contribution in [3.05, 3.63) is 36.0 Å². The van der Waals surface area contributed by atoms with E-state index in [1.165, 1.54) is 11.5 Å². The van der Waals surface area contributed by atoms with Crippen LogP contribution in [0.1, 0.15) is 17.3 Å². The largest absolute Gasteiger partial charge is 0.369 e. The first-order chi connectivity index (χ1) is 7.59. The molecule has 2 N–H and O–H groups in total. The van der Waals surface area contributed by atoms with Gasteiger partial charge in [-0.15, -0.1) is 0 Å². The summed E-state index contributed by atoms with van der Waals surface area (Å²) in [5.74, 6) is -0.474. The Morgan fingerprint density at radius 2 is 2.00 bits per heavy atom. The highest BCUT2D eigenvalue weighted by molar-refractivity contribution is 5.95. The summed E-state index contributed by atoms with van der Waals surface area (Å²) in [6.45, 7) is 1.49. The molecule has 1 heterocycles. The molecule has 0 saturated carbocycles. The molecule has 0 fully saturated rings. The Morgan fingerprint density at radius 1 is 1.31 bits per heavy atom. The number of hydrogen-bond donors (Lipinski definition) is 1. The molecule has 4 nitrogen and oxygen atoms in total. The fourth-order valence-electron chi connectivity index (χ4n) is 1.84. The molecule has 82 valence electrons. The number of carbonyl (C=O) groups excluding carboxylic acids is 2. The van der Waals surface area contributed by atoms with Crippen molar-refractivity contribution in [2.45, 2.75) is 13.3 Å². The number of fused-ring (bicyclic) bond motifs is 1. The third-order valence-electron chi connectivity index (χ3n) is 2.50. The lowest BCUT2D eigenvalue weighted by Crippen LogP contribution is -2.13. The smallest absolute Gasteiger partial charge is 0.227 e. The van der Waals surface area contributed by atoms with Crippen LogP contribution in [0.5, 0.6) is 0 Å². The van der Waals surface area contributed by atoms with Gasteiger partial charge in [0.25, 0.3) is 0 Å². The number of aromatic nitrogens is 1. The summed E-state index contributed by atoms with van der Waals surface area (Å²) in [6, 6.07) is 7.46. The third kappa shape index (κ3) is 1.69. The molecule has 2 rings (SSSR count). The number of para-hydroxylation sites is 1. The van der Waals surface area contributed by atoms with E-state index in [2.05, 4.69) is 0 Å². The van der Waals surface area contributed by atoms with Gasteiger partial charge in [-0.1, -0.05) is 18.2 Å². The highest BCUT2D eigenvalue weighted by Crippen LogP contribution is 2.21. The molecule has 4 heteroatoms. The topological polar surface area (TPSA) is 65.1 Å². The molecule has 0 atom stereocenters. The van der Waals surface area contributed by atoms with E-state index in [4.69, 9.17) is 5.73 Å². The summed E-state index contributed by atoms with van der Waals surface area (Å²) in [5.41, 5.74) is 6.77. The lowest BCUT2D eigenvalue weighted by Gasteiger charge is -1.97. The molecule has 0 aliphatic rings. The molecular weight excluding hydrogens is 204 g/mol. The Labute approximate surface area is 92.7 Å². The van der Waals surface area contributed by atoms with Crippen molar-refractivity contribution in [2.24, 2.45) is 5.73 Å². The summed E-state index contributed by atoms with van der Waals surface area (Å²) >= 11 is 0. The Kier molecular flexibility index (Phi) is 2.48. The second-order valence-electron chi connectivity index (χ2n) is 3.70. The van der Waals surface area contributed by atoms with Gasteiger partial charge in [0, 0.05) is 18.5 Å². The maximum absolute atomic E-state index is 11.4. The minimum atomic E-state index is -0.397. The monoisotopic (exact) mass is 216 g/mol. The number of benzene rings is 1. The van der Waals surface area contributed by atoms with Gasteiger partial charge >= 0.3 is 0 Å². The molecule has 0 unspecified atom stereocenters. The zero-order valence-electron chi connectivity index (χ0n) is 8.93. The number of rotatable bonds is 2. The van der Waals surface area contributed by atoms with E-state index in [-0.39, 0.29) is 12.3 Å². The van der Waals surface area contributed by atoms with Crippen LogP contribution in [0.15, 0.2) is 30.5 Å². The number of nitrogens with two attached hydrogens (primary N) is 1. The van der Waals surface area contributed by atoms with Crippen molar-refractivity contribution >= 4 is 22.7 Å². The number of nitrogens with zero attached hydrogens (tertiary/aromatic N) is 1. The van der Waals surface area contributed by atoms with Crippen LogP contribution in [-0.2, 0) is 11.2 Å². The van der Waals surface area contributed by atoms with Gasteiger partial charge in [0.1, 0.15) is 0 Å². The van der Waals surface area contributed by atoms with E-state index >= 15 is 0 Å². The molecule has 1 aromatic carbocycles. The molecule has 0 bridgehead atoms. The van der Waals surface area contributed by atoms with Crippen molar-refractivity contribution in [1.82, 2.24) is 4.57 Å². The van der Waals surface area contributed by atoms with Crippen LogP contribution in [0, 0.1) is 0 Å². The predicted octanol–water partition coefficient (Wildman–Crippen LogP) is 1.33. The quantitative estimate of drug-likeness (QED) is 0.823. The number of primary amides is 1. The molecule has 0 radical (unpaired) electrons. The zero-order chi connectivity index (χ0) is 11.7. The molecule has 1 aromatic heterocycles. The molecule has 1 amide bonds. The first kappa shape index (κ1) is 10.4. The van der Waals surface area contributed by atoms with Crippen LogP contribution in [0.2, 0.25) is 0 Å². The van der Waals surface area contributed by atoms with Gasteiger partial charge in [0.15, 0.2) is 0 Å². The first-order valence-corrected chi connectivity index (χ1v) is 4.98. The molecule has 0 aliphatic heterocycles. The van der Waals surface area contributed by atoms with E-state index in [1.807, 2.05) is 24.3 Å². The summed E-state index contributed by atoms with van der Waals surface area (Å²) in [7, 11) is 0. The molecule has 0 saturated heterocycles. The minimum Gasteiger partial charge on any atom is -0.369 e. The Balaban J connectivity index is 2.66. The van der Waals surface area contributed by atoms with Crippen LogP contribution in [-0.4, -0.2) is 16.4 Å². The molecule has 16 heavy (non-hydrogen) atoms. The van der Waals surface area contributed by atoms with Gasteiger partial charge < -0.3 is 5.73 Å². The summed E-state index contributed by atoms with van der Waals surface area (Å²) in [6.07, 6.45) is 1.83. The summed E-state index contributed by atoms with van der Waals surface area (Å²) in [4.78, 5) is 22.3. The molecular formula is C12H12N2O2. The molecule has 0 aliphatic carbocycles. The minimum absolute atomic E-state index is 0.0769. The Bertz CT molecular complexity index is 569. The maximum atomic E-state index is 11.4. The van der Waals surface area contributed by atoms with Crippen LogP contribution in [0.25, 0.3) is 10.9 Å².